The first-order chi connectivity index (χ1) is 9.71. The van der Waals surface area contributed by atoms with Crippen LogP contribution in [0.2, 0.25) is 0 Å². The molecule has 1 aromatic heterocycles. The normalized spacial score (nSPS) is 11.6. The molecule has 1 atom stereocenters. The smallest absolute Gasteiger partial charge is 0.264 e. The van der Waals surface area contributed by atoms with E-state index in [0.717, 1.165) is 12.2 Å². The van der Waals surface area contributed by atoms with Gasteiger partial charge in [0.1, 0.15) is 11.5 Å². The fraction of sp³-hybridized carbons (Fsp3) is 0.429. The number of ether oxygens (including phenoxy) is 2. The molecular weight excluding hydrogens is 294 g/mol. The second-order valence-corrected chi connectivity index (χ2v) is 4.47. The Morgan fingerprint density at radius 3 is 2.81 bits per heavy atom. The SMILES string of the molecule is CNC(C)Cc1noc(COc2cccc(OC)c2)n1.Cl. The average Bonchev–Trinajstić information content (AvgIpc) is 2.92. The number of nitrogens with zero attached hydrogens (tertiary/aromatic N) is 2. The summed E-state index contributed by atoms with van der Waals surface area (Å²) in [6.07, 6.45) is 0.721. The van der Waals surface area contributed by atoms with Gasteiger partial charge in [-0.2, -0.15) is 4.98 Å². The van der Waals surface area contributed by atoms with E-state index in [1.807, 2.05) is 25.2 Å². The van der Waals surface area contributed by atoms with Crippen LogP contribution in [-0.4, -0.2) is 30.3 Å². The van der Waals surface area contributed by atoms with E-state index in [1.54, 1.807) is 13.2 Å². The zero-order valence-electron chi connectivity index (χ0n) is 12.3. The number of likely N-dealkylation sites (N-methyl/N-ethyl adjacent to an activating group) is 1. The highest BCUT2D eigenvalue weighted by Crippen LogP contribution is 2.19. The van der Waals surface area contributed by atoms with Gasteiger partial charge in [0.05, 0.1) is 7.11 Å². The van der Waals surface area contributed by atoms with Crippen LogP contribution >= 0.6 is 12.4 Å². The van der Waals surface area contributed by atoms with Crippen LogP contribution in [0.1, 0.15) is 18.6 Å². The van der Waals surface area contributed by atoms with E-state index in [9.17, 15) is 0 Å². The number of hydrogen-bond acceptors (Lipinski definition) is 6. The zero-order chi connectivity index (χ0) is 14.4. The first kappa shape index (κ1) is 17.3. The maximum atomic E-state index is 5.59. The lowest BCUT2D eigenvalue weighted by atomic mass is 10.2. The molecule has 7 heteroatoms. The molecular formula is C14H20ClN3O3. The summed E-state index contributed by atoms with van der Waals surface area (Å²) in [5.41, 5.74) is 0. The number of rotatable bonds is 7. The molecule has 0 saturated heterocycles. The van der Waals surface area contributed by atoms with Crippen LogP contribution in [-0.2, 0) is 13.0 Å². The van der Waals surface area contributed by atoms with Crippen LogP contribution < -0.4 is 14.8 Å². The second kappa shape index (κ2) is 8.49. The van der Waals surface area contributed by atoms with Crippen LogP contribution in [0.25, 0.3) is 0 Å². The lowest BCUT2D eigenvalue weighted by molar-refractivity contribution is 0.241. The van der Waals surface area contributed by atoms with E-state index < -0.39 is 0 Å². The number of aromatic nitrogens is 2. The lowest BCUT2D eigenvalue weighted by Gasteiger charge is -2.05. The van der Waals surface area contributed by atoms with Crippen molar-refractivity contribution < 1.29 is 14.0 Å². The summed E-state index contributed by atoms with van der Waals surface area (Å²) in [4.78, 5) is 4.28. The largest absolute Gasteiger partial charge is 0.497 e. The van der Waals surface area contributed by atoms with Gasteiger partial charge in [-0.05, 0) is 26.1 Å². The fourth-order valence-electron chi connectivity index (χ4n) is 1.64. The number of benzene rings is 1. The van der Waals surface area contributed by atoms with E-state index in [-0.39, 0.29) is 19.0 Å². The maximum absolute atomic E-state index is 5.59. The van der Waals surface area contributed by atoms with Gasteiger partial charge in [-0.1, -0.05) is 11.2 Å². The Morgan fingerprint density at radius 1 is 1.33 bits per heavy atom. The highest BCUT2D eigenvalue weighted by Gasteiger charge is 2.10. The quantitative estimate of drug-likeness (QED) is 0.845. The Morgan fingerprint density at radius 2 is 2.10 bits per heavy atom. The van der Waals surface area contributed by atoms with Crippen LogP contribution in [0, 0.1) is 0 Å². The standard InChI is InChI=1S/C14H19N3O3.ClH/c1-10(15-2)7-13-16-14(20-17-13)9-19-12-6-4-5-11(8-12)18-3;/h4-6,8,10,15H,7,9H2,1-3H3;1H. The van der Waals surface area contributed by atoms with E-state index in [4.69, 9.17) is 14.0 Å². The topological polar surface area (TPSA) is 69.4 Å². The summed E-state index contributed by atoms with van der Waals surface area (Å²) in [7, 11) is 3.52. The van der Waals surface area contributed by atoms with Gasteiger partial charge >= 0.3 is 0 Å². The number of hydrogen-bond donors (Lipinski definition) is 1. The lowest BCUT2D eigenvalue weighted by Crippen LogP contribution is -2.24. The highest BCUT2D eigenvalue weighted by atomic mass is 35.5. The Balaban J connectivity index is 0.00000220. The molecule has 6 nitrogen and oxygen atoms in total. The molecule has 1 N–H and O–H groups in total. The van der Waals surface area contributed by atoms with Gasteiger partial charge in [-0.25, -0.2) is 0 Å². The first-order valence-electron chi connectivity index (χ1n) is 6.47. The van der Waals surface area contributed by atoms with Crippen molar-refractivity contribution in [2.45, 2.75) is 26.0 Å². The van der Waals surface area contributed by atoms with Gasteiger partial charge in [0, 0.05) is 18.5 Å². The van der Waals surface area contributed by atoms with Crippen molar-refractivity contribution in [3.05, 3.63) is 36.0 Å². The molecule has 116 valence electrons. The summed E-state index contributed by atoms with van der Waals surface area (Å²) >= 11 is 0. The molecule has 0 aliphatic carbocycles. The number of nitrogens with one attached hydrogen (secondary N) is 1. The first-order valence-corrected chi connectivity index (χ1v) is 6.47. The molecule has 0 bridgehead atoms. The summed E-state index contributed by atoms with van der Waals surface area (Å²) in [6, 6.07) is 7.68. The van der Waals surface area contributed by atoms with Crippen molar-refractivity contribution in [1.82, 2.24) is 15.5 Å². The third kappa shape index (κ3) is 5.24. The molecule has 2 aromatic rings. The third-order valence-electron chi connectivity index (χ3n) is 2.90. The summed E-state index contributed by atoms with van der Waals surface area (Å²) in [5.74, 6) is 2.59. The zero-order valence-corrected chi connectivity index (χ0v) is 13.1. The Hall–Kier alpha value is -1.79. The van der Waals surface area contributed by atoms with Gasteiger partial charge in [0.15, 0.2) is 12.4 Å². The van der Waals surface area contributed by atoms with Gasteiger partial charge in [0.2, 0.25) is 0 Å². The molecule has 21 heavy (non-hydrogen) atoms. The van der Waals surface area contributed by atoms with Crippen molar-refractivity contribution in [2.24, 2.45) is 0 Å². The average molecular weight is 314 g/mol. The predicted octanol–water partition coefficient (Wildman–Crippen LogP) is 2.23. The summed E-state index contributed by atoms with van der Waals surface area (Å²) < 4.78 is 15.9. The highest BCUT2D eigenvalue weighted by molar-refractivity contribution is 5.85. The van der Waals surface area contributed by atoms with Crippen LogP contribution in [0.3, 0.4) is 0 Å². The number of halogens is 1. The van der Waals surface area contributed by atoms with Crippen molar-refractivity contribution in [3.63, 3.8) is 0 Å². The predicted molar refractivity (Wildman–Crippen MR) is 81.1 cm³/mol. The molecule has 1 unspecified atom stereocenters. The third-order valence-corrected chi connectivity index (χ3v) is 2.90. The molecule has 0 spiro atoms. The van der Waals surface area contributed by atoms with Crippen molar-refractivity contribution in [1.29, 1.82) is 0 Å². The molecule has 1 aromatic carbocycles. The Labute approximate surface area is 130 Å². The Kier molecular flexibility index (Phi) is 6.98. The van der Waals surface area contributed by atoms with Gasteiger partial charge in [-0.3, -0.25) is 0 Å². The molecule has 0 aliphatic heterocycles. The summed E-state index contributed by atoms with van der Waals surface area (Å²) in [5, 5.41) is 7.05. The molecule has 0 amide bonds. The maximum Gasteiger partial charge on any atom is 0.264 e. The monoisotopic (exact) mass is 313 g/mol. The van der Waals surface area contributed by atoms with Crippen molar-refractivity contribution >= 4 is 12.4 Å². The molecule has 0 aliphatic rings. The van der Waals surface area contributed by atoms with Gasteiger partial charge in [0.25, 0.3) is 5.89 Å². The van der Waals surface area contributed by atoms with Crippen molar-refractivity contribution in [2.75, 3.05) is 14.2 Å². The minimum Gasteiger partial charge on any atom is -0.497 e. The minimum atomic E-state index is 0. The number of methoxy groups -OCH3 is 1. The van der Waals surface area contributed by atoms with E-state index >= 15 is 0 Å². The molecule has 0 saturated carbocycles. The second-order valence-electron chi connectivity index (χ2n) is 4.47. The van der Waals surface area contributed by atoms with Gasteiger partial charge < -0.3 is 19.3 Å². The molecule has 0 fully saturated rings. The van der Waals surface area contributed by atoms with Gasteiger partial charge in [-0.15, -0.1) is 12.4 Å². The fourth-order valence-corrected chi connectivity index (χ4v) is 1.64. The van der Waals surface area contributed by atoms with Crippen LogP contribution in [0.5, 0.6) is 11.5 Å². The molecule has 0 radical (unpaired) electrons. The van der Waals surface area contributed by atoms with E-state index in [1.165, 1.54) is 0 Å². The van der Waals surface area contributed by atoms with E-state index in [0.29, 0.717) is 23.5 Å². The summed E-state index contributed by atoms with van der Waals surface area (Å²) in [6.45, 7) is 2.30. The van der Waals surface area contributed by atoms with Crippen LogP contribution in [0.4, 0.5) is 0 Å². The molecule has 1 heterocycles. The Bertz CT molecular complexity index is 548. The molecule has 2 rings (SSSR count). The minimum absolute atomic E-state index is 0. The van der Waals surface area contributed by atoms with Crippen molar-refractivity contribution in [3.8, 4) is 11.5 Å². The van der Waals surface area contributed by atoms with Crippen LogP contribution in [0.15, 0.2) is 28.8 Å². The van der Waals surface area contributed by atoms with E-state index in [2.05, 4.69) is 22.4 Å².